The number of halogens is 13. The van der Waals surface area contributed by atoms with Crippen LogP contribution in [-0.4, -0.2) is 0 Å². The molecule has 0 heterocycles. The first kappa shape index (κ1) is 89.5. The highest BCUT2D eigenvalue weighted by Crippen LogP contribution is 2.35. The number of benzene rings is 8. The van der Waals surface area contributed by atoms with Crippen LogP contribution in [-0.2, 0) is 43.3 Å². The molecule has 0 saturated carbocycles. The first-order valence-corrected chi connectivity index (χ1v) is 34.2. The zero-order valence-electron chi connectivity index (χ0n) is 62.7. The van der Waals surface area contributed by atoms with Crippen LogP contribution in [0.4, 0.5) is 39.5 Å². The van der Waals surface area contributed by atoms with E-state index in [9.17, 15) is 39.5 Å². The normalized spacial score (nSPS) is 11.8. The summed E-state index contributed by atoms with van der Waals surface area (Å²) in [5.41, 5.74) is 8.93. The van der Waals surface area contributed by atoms with Crippen molar-refractivity contribution in [2.75, 3.05) is 0 Å². The van der Waals surface area contributed by atoms with Crippen LogP contribution in [0.25, 0.3) is 0 Å². The molecular formula is C84H107BrCl3F9. The van der Waals surface area contributed by atoms with Crippen molar-refractivity contribution in [2.24, 2.45) is 0 Å². The van der Waals surface area contributed by atoms with E-state index in [1.54, 1.807) is 52.0 Å². The lowest BCUT2D eigenvalue weighted by atomic mass is 9.86. The Morgan fingerprint density at radius 1 is 0.247 bits per heavy atom. The third-order valence-electron chi connectivity index (χ3n) is 14.9. The van der Waals surface area contributed by atoms with Gasteiger partial charge in [0.2, 0.25) is 0 Å². The predicted octanol–water partition coefficient (Wildman–Crippen LogP) is 29.1. The van der Waals surface area contributed by atoms with Gasteiger partial charge in [-0.1, -0.05) is 284 Å². The Kier molecular flexibility index (Phi) is 33.9. The molecule has 0 unspecified atom stereocenters. The van der Waals surface area contributed by atoms with Crippen LogP contribution in [0, 0.1) is 80.0 Å². The van der Waals surface area contributed by atoms with Crippen LogP contribution in [0.3, 0.4) is 0 Å². The molecule has 0 fully saturated rings. The fourth-order valence-electron chi connectivity index (χ4n) is 9.25. The minimum atomic E-state index is -1.40. The molecule has 534 valence electrons. The Hall–Kier alpha value is -5.52. The Bertz CT molecular complexity index is 3560. The molecule has 13 heteroatoms. The van der Waals surface area contributed by atoms with Gasteiger partial charge in [-0.15, -0.1) is 0 Å². The number of aryl methyl sites for hydroxylation is 4. The van der Waals surface area contributed by atoms with Gasteiger partial charge in [-0.25, -0.2) is 39.5 Å². The Balaban J connectivity index is 0.000000555. The van der Waals surface area contributed by atoms with E-state index in [-0.39, 0.29) is 78.4 Å². The van der Waals surface area contributed by atoms with E-state index < -0.39 is 22.9 Å². The van der Waals surface area contributed by atoms with Gasteiger partial charge in [0.15, 0.2) is 17.5 Å². The van der Waals surface area contributed by atoms with Crippen molar-refractivity contribution >= 4 is 50.7 Å². The topological polar surface area (TPSA) is 0 Å². The van der Waals surface area contributed by atoms with Crippen molar-refractivity contribution in [3.63, 3.8) is 0 Å². The van der Waals surface area contributed by atoms with Crippen molar-refractivity contribution < 1.29 is 39.5 Å². The summed E-state index contributed by atoms with van der Waals surface area (Å²) in [7, 11) is 0. The van der Waals surface area contributed by atoms with Gasteiger partial charge in [-0.2, -0.15) is 0 Å². The summed E-state index contributed by atoms with van der Waals surface area (Å²) in [6, 6.07) is 39.1. The van der Waals surface area contributed by atoms with E-state index in [1.807, 2.05) is 172 Å². The van der Waals surface area contributed by atoms with E-state index in [0.717, 1.165) is 54.0 Å². The Morgan fingerprint density at radius 3 is 0.938 bits per heavy atom. The monoisotopic (exact) mass is 1470 g/mol. The standard InChI is InChI=1S/C11H15Cl.C11H14F2.2C11H15F.C10H12BrCl.C10H12ClF.C10H11F3.C10H13F/c1-8-5-6-9(10(12)7-8)11(2,3)4;1-7-5-10(13)8(6-9(7)12)11(2,3)4;2*1-8-5-6-9(10(12)7-8)11(2,3)4;1-10(2,3)8-6-7(11)4-5-9(8)12;1-10(2,3)8-5-4-7(12)6-9(8)11;1-10(2,3)6-4-5-7(11)9(13)8(6)12;1-10(2,3)8-6-4-5-7-9(8)11/h5-7H,1-4H3;5-6H,1-4H3;2*5-7H,1-4H3;2*4-6H,1-3H3;4-5H,1-3H3;4-7H,1-3H3. The number of hydrogen-bond acceptors (Lipinski definition) is 0. The molecule has 0 N–H and O–H groups in total. The second kappa shape index (κ2) is 36.7. The zero-order chi connectivity index (χ0) is 75.7. The summed E-state index contributed by atoms with van der Waals surface area (Å²) < 4.78 is 118. The zero-order valence-corrected chi connectivity index (χ0v) is 66.5. The lowest BCUT2D eigenvalue weighted by Gasteiger charge is -2.20. The molecule has 8 rings (SSSR count). The Labute approximate surface area is 601 Å². The third kappa shape index (κ3) is 30.9. The summed E-state index contributed by atoms with van der Waals surface area (Å²) in [5, 5.41) is 2.22. The number of rotatable bonds is 0. The second-order valence-corrected chi connectivity index (χ2v) is 34.6. The first-order chi connectivity index (χ1) is 43.7. The van der Waals surface area contributed by atoms with Crippen LogP contribution in [0.1, 0.15) is 233 Å². The van der Waals surface area contributed by atoms with E-state index in [4.69, 9.17) is 34.8 Å². The predicted molar refractivity (Wildman–Crippen MR) is 402 cm³/mol. The second-order valence-electron chi connectivity index (χ2n) is 32.5. The minimum absolute atomic E-state index is 0.0230. The summed E-state index contributed by atoms with van der Waals surface area (Å²) in [6.45, 7) is 55.4. The lowest BCUT2D eigenvalue weighted by molar-refractivity contribution is 0.423. The molecule has 0 aliphatic rings. The summed E-state index contributed by atoms with van der Waals surface area (Å²) in [5.74, 6) is -4.89. The van der Waals surface area contributed by atoms with Crippen LogP contribution in [0.5, 0.6) is 0 Å². The molecule has 0 aliphatic carbocycles. The van der Waals surface area contributed by atoms with Crippen molar-refractivity contribution in [1.82, 2.24) is 0 Å². The molecule has 8 aromatic rings. The molecule has 0 atom stereocenters. The molecule has 0 radical (unpaired) electrons. The Morgan fingerprint density at radius 2 is 0.588 bits per heavy atom. The SMILES string of the molecule is CC(C)(C)c1cc(Br)ccc1Cl.CC(C)(C)c1ccc(F)c(F)c1F.CC(C)(C)c1ccc(F)cc1Cl.CC(C)(C)c1ccccc1F.Cc1cc(F)c(C(C)(C)C)cc1F.Cc1ccc(C(C)(C)C)c(Cl)c1.Cc1ccc(C(C)(C)C)c(F)c1.Cc1ccc(C(C)(C)C)c(F)c1. The van der Waals surface area contributed by atoms with Gasteiger partial charge in [-0.05, 0) is 211 Å². The highest BCUT2D eigenvalue weighted by atomic mass is 79.9. The largest absolute Gasteiger partial charge is 0.207 e. The maximum Gasteiger partial charge on any atom is 0.194 e. The summed E-state index contributed by atoms with van der Waals surface area (Å²) >= 11 is 21.5. The fraction of sp³-hybridized carbons (Fsp3) is 0.429. The van der Waals surface area contributed by atoms with Gasteiger partial charge >= 0.3 is 0 Å². The van der Waals surface area contributed by atoms with Crippen LogP contribution in [0.2, 0.25) is 15.1 Å². The van der Waals surface area contributed by atoms with Gasteiger partial charge in [-0.3, -0.25) is 0 Å². The molecule has 0 amide bonds. The summed E-state index contributed by atoms with van der Waals surface area (Å²) in [4.78, 5) is 0. The molecule has 0 nitrogen and oxygen atoms in total. The molecule has 97 heavy (non-hydrogen) atoms. The van der Waals surface area contributed by atoms with Crippen LogP contribution < -0.4 is 0 Å². The minimum Gasteiger partial charge on any atom is -0.207 e. The smallest absolute Gasteiger partial charge is 0.194 e. The maximum atomic E-state index is 13.4. The molecule has 0 aliphatic heterocycles. The van der Waals surface area contributed by atoms with Gasteiger partial charge in [0.1, 0.15) is 34.9 Å². The summed E-state index contributed by atoms with van der Waals surface area (Å²) in [6.07, 6.45) is 0. The highest BCUT2D eigenvalue weighted by molar-refractivity contribution is 9.10. The maximum absolute atomic E-state index is 13.4. The molecule has 0 bridgehead atoms. The third-order valence-corrected chi connectivity index (χ3v) is 16.3. The van der Waals surface area contributed by atoms with E-state index in [1.165, 1.54) is 53.1 Å². The van der Waals surface area contributed by atoms with E-state index in [0.29, 0.717) is 16.1 Å². The van der Waals surface area contributed by atoms with E-state index in [2.05, 4.69) is 82.6 Å². The lowest BCUT2D eigenvalue weighted by Crippen LogP contribution is -2.15. The molecule has 0 saturated heterocycles. The average molecular weight is 1470 g/mol. The average Bonchev–Trinajstić information content (AvgIpc) is 0.907. The molecule has 8 aromatic carbocycles. The van der Waals surface area contributed by atoms with Crippen molar-refractivity contribution in [3.8, 4) is 0 Å². The number of hydrogen-bond donors (Lipinski definition) is 0. The molecule has 0 aromatic heterocycles. The first-order valence-electron chi connectivity index (χ1n) is 32.3. The highest BCUT2D eigenvalue weighted by Gasteiger charge is 2.25. The van der Waals surface area contributed by atoms with Gasteiger partial charge in [0.05, 0.1) is 0 Å². The van der Waals surface area contributed by atoms with Crippen LogP contribution in [0.15, 0.2) is 144 Å². The van der Waals surface area contributed by atoms with Gasteiger partial charge in [0.25, 0.3) is 0 Å². The van der Waals surface area contributed by atoms with E-state index >= 15 is 0 Å². The van der Waals surface area contributed by atoms with Crippen molar-refractivity contribution in [1.29, 1.82) is 0 Å². The van der Waals surface area contributed by atoms with Crippen molar-refractivity contribution in [3.05, 3.63) is 278 Å². The van der Waals surface area contributed by atoms with Gasteiger partial charge in [0, 0.05) is 19.5 Å². The van der Waals surface area contributed by atoms with Gasteiger partial charge < -0.3 is 0 Å². The van der Waals surface area contributed by atoms with Crippen molar-refractivity contribution in [2.45, 2.75) is 237 Å². The van der Waals surface area contributed by atoms with Crippen LogP contribution >= 0.6 is 50.7 Å². The molecule has 0 spiro atoms. The quantitative estimate of drug-likeness (QED) is 0.105. The molecular weight excluding hydrogens is 1370 g/mol. The fourth-order valence-corrected chi connectivity index (χ4v) is 11.0.